The smallest absolute Gasteiger partial charge is 0.542 e. The van der Waals surface area contributed by atoms with E-state index >= 15 is 0 Å². The number of carbonyl (C=O) groups is 4. The predicted molar refractivity (Wildman–Crippen MR) is 92.0 cm³/mol. The molecule has 0 spiro atoms. The van der Waals surface area contributed by atoms with Crippen LogP contribution in [0.3, 0.4) is 0 Å². The van der Waals surface area contributed by atoms with E-state index in [4.69, 9.17) is 10.2 Å². The molecule has 31 heavy (non-hydrogen) atoms. The summed E-state index contributed by atoms with van der Waals surface area (Å²) in [7, 11) is 0. The van der Waals surface area contributed by atoms with Gasteiger partial charge in [0.2, 0.25) is 11.5 Å². The summed E-state index contributed by atoms with van der Waals surface area (Å²) in [6.45, 7) is 0. The van der Waals surface area contributed by atoms with Crippen molar-refractivity contribution >= 4 is 23.9 Å². The van der Waals surface area contributed by atoms with Crippen LogP contribution < -0.4 is 21.1 Å². The van der Waals surface area contributed by atoms with Crippen LogP contribution in [0.15, 0.2) is 42.7 Å². The van der Waals surface area contributed by atoms with Crippen molar-refractivity contribution in [3.63, 3.8) is 0 Å². The van der Waals surface area contributed by atoms with Crippen LogP contribution >= 0.6 is 0 Å². The quantitative estimate of drug-likeness (QED) is 0.292. The van der Waals surface area contributed by atoms with Gasteiger partial charge in [-0.05, 0) is 0 Å². The van der Waals surface area contributed by atoms with Crippen molar-refractivity contribution in [1.29, 1.82) is 0 Å². The van der Waals surface area contributed by atoms with Gasteiger partial charge in [0, 0.05) is 24.3 Å². The molecule has 2 aromatic rings. The van der Waals surface area contributed by atoms with Gasteiger partial charge in [-0.1, -0.05) is 0 Å². The van der Waals surface area contributed by atoms with Gasteiger partial charge in [-0.2, -0.15) is 0 Å². The minimum absolute atomic E-state index is 0. The number of carbonyl (C=O) groups excluding carboxylic acids is 2. The van der Waals surface area contributed by atoms with Crippen LogP contribution in [0.2, 0.25) is 0 Å². The van der Waals surface area contributed by atoms with Gasteiger partial charge in [0.05, 0.1) is 0 Å². The average Bonchev–Trinajstić information content (AvgIpc) is 2.54. The molecule has 176 valence electrons. The SMILES string of the molecule is O=C([O-])c1cc(=O)cc(C(=O)O)o1.O=C([O-])c1cc(=O)cc(C(=O)O)o1.[Ni+2].[OH3+].[OH3+].[OH3+].[OH3+]. The van der Waals surface area contributed by atoms with Crippen molar-refractivity contribution < 1.29 is 86.8 Å². The Kier molecular flexibility index (Phi) is 19.5. The molecule has 2 rings (SSSR count). The van der Waals surface area contributed by atoms with Gasteiger partial charge in [-0.25, -0.2) is 9.59 Å². The Hall–Kier alpha value is -3.89. The first kappa shape index (κ1) is 37.8. The molecular formula is C14H18NiO16+4. The van der Waals surface area contributed by atoms with E-state index < -0.39 is 57.8 Å². The second-order valence-corrected chi connectivity index (χ2v) is 4.23. The Morgan fingerprint density at radius 1 is 0.613 bits per heavy atom. The van der Waals surface area contributed by atoms with Crippen LogP contribution in [0.25, 0.3) is 0 Å². The zero-order valence-corrected chi connectivity index (χ0v) is 15.9. The van der Waals surface area contributed by atoms with Crippen molar-refractivity contribution in [3.8, 4) is 0 Å². The molecule has 0 bridgehead atoms. The van der Waals surface area contributed by atoms with E-state index in [2.05, 4.69) is 8.83 Å². The second kappa shape index (κ2) is 16.0. The van der Waals surface area contributed by atoms with Crippen molar-refractivity contribution in [3.05, 3.63) is 67.8 Å². The van der Waals surface area contributed by atoms with Crippen LogP contribution in [0.1, 0.15) is 42.2 Å². The second-order valence-electron chi connectivity index (χ2n) is 4.23. The van der Waals surface area contributed by atoms with E-state index in [0.29, 0.717) is 24.3 Å². The molecule has 14 N–H and O–H groups in total. The standard InChI is InChI=1S/2C7H4O6.Ni.4H2O/c2*8-3-1-4(6(9)10)13-5(2-3)7(11)12;;;;;/h2*1-2H,(H,9,10)(H,11,12);;4*1H2/q;;+2;;;;/p+2. The Morgan fingerprint density at radius 3 is 1.03 bits per heavy atom. The van der Waals surface area contributed by atoms with Gasteiger partial charge in [-0.3, -0.25) is 9.59 Å². The predicted octanol–water partition coefficient (Wildman–Crippen LogP) is -6.29. The normalized spacial score (nSPS) is 8.00. The van der Waals surface area contributed by atoms with Crippen LogP contribution in [-0.4, -0.2) is 34.1 Å². The van der Waals surface area contributed by atoms with E-state index in [0.717, 1.165) is 0 Å². The summed E-state index contributed by atoms with van der Waals surface area (Å²) < 4.78 is 8.64. The van der Waals surface area contributed by atoms with Crippen LogP contribution in [-0.2, 0) is 38.4 Å². The van der Waals surface area contributed by atoms with Gasteiger partial charge in [0.15, 0.2) is 22.4 Å². The summed E-state index contributed by atoms with van der Waals surface area (Å²) >= 11 is 0. The molecule has 0 aliphatic rings. The number of hydrogen-bond acceptors (Lipinski definition) is 10. The molecule has 0 unspecified atom stereocenters. The number of carboxylic acid groups (broad SMARTS) is 4. The fourth-order valence-corrected chi connectivity index (χ4v) is 1.37. The number of rotatable bonds is 4. The summed E-state index contributed by atoms with van der Waals surface area (Å²) in [5, 5.41) is 37.1. The van der Waals surface area contributed by atoms with Crippen LogP contribution in [0.5, 0.6) is 0 Å². The van der Waals surface area contributed by atoms with Crippen molar-refractivity contribution in [1.82, 2.24) is 0 Å². The Labute approximate surface area is 179 Å². The summed E-state index contributed by atoms with van der Waals surface area (Å²) in [5.41, 5.74) is -1.52. The number of hydrogen-bond donors (Lipinski definition) is 2. The Balaban J connectivity index is -0.000000125. The monoisotopic (exact) mass is 500 g/mol. The molecular weight excluding hydrogens is 483 g/mol. The van der Waals surface area contributed by atoms with E-state index in [1.165, 1.54) is 0 Å². The maximum atomic E-state index is 10.7. The van der Waals surface area contributed by atoms with Gasteiger partial charge in [0.1, 0.15) is 11.9 Å². The van der Waals surface area contributed by atoms with Gasteiger partial charge in [-0.15, -0.1) is 0 Å². The minimum atomic E-state index is -1.74. The number of carboxylic acids is 4. The maximum Gasteiger partial charge on any atom is 2.00 e. The molecule has 0 aliphatic carbocycles. The van der Waals surface area contributed by atoms with Crippen molar-refractivity contribution in [2.24, 2.45) is 0 Å². The summed E-state index contributed by atoms with van der Waals surface area (Å²) in [6, 6.07) is 2.63. The molecule has 0 atom stereocenters. The van der Waals surface area contributed by atoms with Gasteiger partial charge in [0.25, 0.3) is 0 Å². The van der Waals surface area contributed by atoms with E-state index in [1.807, 2.05) is 0 Å². The van der Waals surface area contributed by atoms with Crippen molar-refractivity contribution in [2.45, 2.75) is 0 Å². The molecule has 0 aliphatic heterocycles. The molecule has 17 heteroatoms. The molecule has 16 nitrogen and oxygen atoms in total. The minimum Gasteiger partial charge on any atom is -0.542 e. The fourth-order valence-electron chi connectivity index (χ4n) is 1.37. The summed E-state index contributed by atoms with van der Waals surface area (Å²) in [4.78, 5) is 62.4. The van der Waals surface area contributed by atoms with Crippen LogP contribution in [0, 0.1) is 0 Å². The molecule has 0 saturated carbocycles. The van der Waals surface area contributed by atoms with Gasteiger partial charge >= 0.3 is 28.4 Å². The Morgan fingerprint density at radius 2 is 0.839 bits per heavy atom. The van der Waals surface area contributed by atoms with E-state index in [9.17, 15) is 39.0 Å². The zero-order valence-electron chi connectivity index (χ0n) is 14.9. The first-order valence-corrected chi connectivity index (χ1v) is 6.21. The zero-order chi connectivity index (χ0) is 20.0. The van der Waals surface area contributed by atoms with Crippen molar-refractivity contribution in [2.75, 3.05) is 0 Å². The average molecular weight is 501 g/mol. The first-order chi connectivity index (χ1) is 12.0. The molecule has 2 heterocycles. The molecule has 0 aromatic carbocycles. The molecule has 0 saturated heterocycles. The van der Waals surface area contributed by atoms with Gasteiger partial charge < -0.3 is 60.8 Å². The van der Waals surface area contributed by atoms with E-state index in [1.54, 1.807) is 0 Å². The van der Waals surface area contributed by atoms with E-state index in [-0.39, 0.29) is 38.4 Å². The third-order valence-corrected chi connectivity index (χ3v) is 2.36. The molecule has 0 fully saturated rings. The summed E-state index contributed by atoms with van der Waals surface area (Å²) in [5.74, 6) is -9.56. The third kappa shape index (κ3) is 11.6. The maximum absolute atomic E-state index is 10.7. The molecule has 0 amide bonds. The fraction of sp³-hybridized carbons (Fsp3) is 0. The third-order valence-electron chi connectivity index (χ3n) is 2.36. The molecule has 0 radical (unpaired) electrons. The topological polar surface area (TPSA) is 347 Å². The summed E-state index contributed by atoms with van der Waals surface area (Å²) in [6.07, 6.45) is 0. The first-order valence-electron chi connectivity index (χ1n) is 6.21. The molecule has 2 aromatic heterocycles. The Bertz CT molecular complexity index is 852. The van der Waals surface area contributed by atoms with Crippen LogP contribution in [0.4, 0.5) is 0 Å². The number of aromatic carboxylic acids is 4. The largest absolute Gasteiger partial charge is 2.00 e.